The molecule has 0 radical (unpaired) electrons. The maximum Gasteiger partial charge on any atom is 0.296 e. The molecule has 0 saturated heterocycles. The molecule has 1 aromatic carbocycles. The van der Waals surface area contributed by atoms with Crippen LogP contribution in [0.3, 0.4) is 0 Å². The van der Waals surface area contributed by atoms with Crippen LogP contribution in [0.1, 0.15) is 32.0 Å². The molecule has 3 heterocycles. The molecule has 1 aliphatic heterocycles. The van der Waals surface area contributed by atoms with Gasteiger partial charge in [-0.1, -0.05) is 32.0 Å². The van der Waals surface area contributed by atoms with E-state index in [-0.39, 0.29) is 29.6 Å². The Morgan fingerprint density at radius 1 is 1.21 bits per heavy atom. The highest BCUT2D eigenvalue weighted by Gasteiger charge is 2.46. The van der Waals surface area contributed by atoms with Crippen LogP contribution in [0, 0.1) is 5.92 Å². The van der Waals surface area contributed by atoms with Gasteiger partial charge >= 0.3 is 0 Å². The number of carbonyl (C=O) groups is 2. The minimum atomic E-state index is -0.833. The van der Waals surface area contributed by atoms with Crippen molar-refractivity contribution in [1.82, 2.24) is 15.0 Å². The van der Waals surface area contributed by atoms with E-state index in [2.05, 4.69) is 15.0 Å². The van der Waals surface area contributed by atoms with Crippen LogP contribution in [0.15, 0.2) is 60.0 Å². The molecule has 2 N–H and O–H groups in total. The average molecular weight is 376 g/mol. The lowest BCUT2D eigenvalue weighted by Gasteiger charge is -2.23. The van der Waals surface area contributed by atoms with Gasteiger partial charge in [-0.25, -0.2) is 4.98 Å². The number of para-hydroxylation sites is 2. The number of aromatic amines is 1. The van der Waals surface area contributed by atoms with Gasteiger partial charge in [-0.15, -0.1) is 0 Å². The molecule has 2 aromatic heterocycles. The predicted molar refractivity (Wildman–Crippen MR) is 105 cm³/mol. The van der Waals surface area contributed by atoms with Crippen LogP contribution in [-0.2, 0) is 9.59 Å². The highest BCUT2D eigenvalue weighted by Crippen LogP contribution is 2.40. The van der Waals surface area contributed by atoms with Gasteiger partial charge in [0.05, 0.1) is 22.3 Å². The molecule has 7 nitrogen and oxygen atoms in total. The first-order valence-corrected chi connectivity index (χ1v) is 9.13. The molecule has 0 spiro atoms. The summed E-state index contributed by atoms with van der Waals surface area (Å²) >= 11 is 0. The number of Topliss-reactive ketones (excluding diaryl/α,β-unsaturated/α-hetero) is 1. The molecule has 1 aliphatic rings. The Bertz CT molecular complexity index is 1050. The number of nitrogens with zero attached hydrogens (tertiary/aromatic N) is 3. The molecule has 0 bridgehead atoms. The molecule has 1 unspecified atom stereocenters. The number of hydrogen-bond acceptors (Lipinski definition) is 5. The third-order valence-corrected chi connectivity index (χ3v) is 4.68. The molecule has 142 valence electrons. The van der Waals surface area contributed by atoms with E-state index in [0.29, 0.717) is 11.2 Å². The quantitative estimate of drug-likeness (QED) is 0.710. The Kier molecular flexibility index (Phi) is 4.43. The highest BCUT2D eigenvalue weighted by molar-refractivity contribution is 6.16. The van der Waals surface area contributed by atoms with Gasteiger partial charge in [-0.05, 0) is 30.2 Å². The second-order valence-corrected chi connectivity index (χ2v) is 7.19. The number of H-pyrrole nitrogens is 1. The minimum Gasteiger partial charge on any atom is -0.503 e. The molecule has 4 rings (SSSR count). The van der Waals surface area contributed by atoms with Crippen LogP contribution in [-0.4, -0.2) is 31.7 Å². The summed E-state index contributed by atoms with van der Waals surface area (Å²) in [5.74, 6) is -1.12. The first-order chi connectivity index (χ1) is 13.5. The van der Waals surface area contributed by atoms with Crippen molar-refractivity contribution >= 4 is 28.7 Å². The highest BCUT2D eigenvalue weighted by atomic mass is 16.3. The Labute approximate surface area is 161 Å². The Morgan fingerprint density at radius 3 is 2.64 bits per heavy atom. The molecule has 0 fully saturated rings. The Balaban J connectivity index is 1.86. The molecule has 28 heavy (non-hydrogen) atoms. The van der Waals surface area contributed by atoms with Crippen LogP contribution >= 0.6 is 0 Å². The van der Waals surface area contributed by atoms with Crippen molar-refractivity contribution in [3.05, 3.63) is 65.7 Å². The molecule has 1 amide bonds. The third kappa shape index (κ3) is 2.94. The van der Waals surface area contributed by atoms with Crippen molar-refractivity contribution in [3.63, 3.8) is 0 Å². The molecular weight excluding hydrogens is 356 g/mol. The molecule has 1 atom stereocenters. The van der Waals surface area contributed by atoms with Crippen LogP contribution in [0.4, 0.5) is 5.95 Å². The van der Waals surface area contributed by atoms with Gasteiger partial charge in [0.25, 0.3) is 5.91 Å². The number of aliphatic hydroxyl groups is 1. The monoisotopic (exact) mass is 376 g/mol. The number of rotatable bonds is 5. The number of carbonyl (C=O) groups excluding carboxylic acids is 2. The molecule has 0 aliphatic carbocycles. The van der Waals surface area contributed by atoms with Gasteiger partial charge in [-0.2, -0.15) is 0 Å². The Morgan fingerprint density at radius 2 is 1.96 bits per heavy atom. The third-order valence-electron chi connectivity index (χ3n) is 4.68. The van der Waals surface area contributed by atoms with Gasteiger partial charge < -0.3 is 10.1 Å². The SMILES string of the molecule is CC(C)CC(=O)C1=C(O)C(=O)N(c2nc3ccccc3[nH]2)C1c1ccccn1. The average Bonchev–Trinajstić information content (AvgIpc) is 3.21. The standard InChI is InChI=1S/C21H20N4O3/c1-12(2)11-16(26)17-18(15-9-5-6-10-22-15)25(20(28)19(17)27)21-23-13-7-3-4-8-14(13)24-21/h3-10,12,18,27H,11H2,1-2H3,(H,23,24). The summed E-state index contributed by atoms with van der Waals surface area (Å²) in [6.45, 7) is 3.83. The number of imidazole rings is 1. The fraction of sp³-hybridized carbons (Fsp3) is 0.238. The summed E-state index contributed by atoms with van der Waals surface area (Å²) in [5, 5.41) is 10.6. The number of anilines is 1. The van der Waals surface area contributed by atoms with Crippen molar-refractivity contribution in [2.24, 2.45) is 5.92 Å². The maximum atomic E-state index is 12.9. The summed E-state index contributed by atoms with van der Waals surface area (Å²) in [6, 6.07) is 11.8. The van der Waals surface area contributed by atoms with Gasteiger partial charge in [0, 0.05) is 12.6 Å². The molecule has 0 saturated carbocycles. The van der Waals surface area contributed by atoms with E-state index in [9.17, 15) is 14.7 Å². The van der Waals surface area contributed by atoms with Crippen molar-refractivity contribution in [2.75, 3.05) is 4.90 Å². The van der Waals surface area contributed by atoms with Crippen molar-refractivity contribution in [1.29, 1.82) is 0 Å². The Hall–Kier alpha value is -3.48. The van der Waals surface area contributed by atoms with Crippen LogP contribution in [0.25, 0.3) is 11.0 Å². The van der Waals surface area contributed by atoms with Crippen LogP contribution in [0.2, 0.25) is 0 Å². The largest absolute Gasteiger partial charge is 0.503 e. The van der Waals surface area contributed by atoms with Crippen LogP contribution < -0.4 is 4.90 Å². The lowest BCUT2D eigenvalue weighted by Crippen LogP contribution is -2.32. The number of nitrogens with one attached hydrogen (secondary N) is 1. The fourth-order valence-corrected chi connectivity index (χ4v) is 3.46. The van der Waals surface area contributed by atoms with Crippen molar-refractivity contribution in [3.8, 4) is 0 Å². The number of aromatic nitrogens is 3. The number of fused-ring (bicyclic) bond motifs is 1. The second-order valence-electron chi connectivity index (χ2n) is 7.19. The number of ketones is 1. The lowest BCUT2D eigenvalue weighted by molar-refractivity contribution is -0.118. The molecule has 7 heteroatoms. The number of hydrogen-bond donors (Lipinski definition) is 2. The van der Waals surface area contributed by atoms with Gasteiger partial charge in [-0.3, -0.25) is 19.5 Å². The topological polar surface area (TPSA) is 99.2 Å². The fourth-order valence-electron chi connectivity index (χ4n) is 3.46. The molecular formula is C21H20N4O3. The van der Waals surface area contributed by atoms with Crippen LogP contribution in [0.5, 0.6) is 0 Å². The zero-order chi connectivity index (χ0) is 19.8. The zero-order valence-electron chi connectivity index (χ0n) is 15.6. The first kappa shape index (κ1) is 17.9. The predicted octanol–water partition coefficient (Wildman–Crippen LogP) is 3.47. The van der Waals surface area contributed by atoms with E-state index < -0.39 is 17.7 Å². The lowest BCUT2D eigenvalue weighted by atomic mass is 9.94. The normalized spacial score (nSPS) is 17.2. The van der Waals surface area contributed by atoms with E-state index in [1.807, 2.05) is 38.1 Å². The summed E-state index contributed by atoms with van der Waals surface area (Å²) in [6.07, 6.45) is 1.82. The number of benzene rings is 1. The van der Waals surface area contributed by atoms with E-state index in [4.69, 9.17) is 0 Å². The summed E-state index contributed by atoms with van der Waals surface area (Å²) in [7, 11) is 0. The number of amides is 1. The summed E-state index contributed by atoms with van der Waals surface area (Å²) < 4.78 is 0. The van der Waals surface area contributed by atoms with Crippen molar-refractivity contribution < 1.29 is 14.7 Å². The minimum absolute atomic E-state index is 0.0675. The van der Waals surface area contributed by atoms with Crippen molar-refractivity contribution in [2.45, 2.75) is 26.3 Å². The second kappa shape index (κ2) is 6.92. The van der Waals surface area contributed by atoms with E-state index in [1.54, 1.807) is 24.4 Å². The number of pyridine rings is 1. The van der Waals surface area contributed by atoms with Gasteiger partial charge in [0.1, 0.15) is 6.04 Å². The molecule has 3 aromatic rings. The van der Waals surface area contributed by atoms with E-state index in [1.165, 1.54) is 4.90 Å². The first-order valence-electron chi connectivity index (χ1n) is 9.13. The van der Waals surface area contributed by atoms with Gasteiger partial charge in [0.15, 0.2) is 11.5 Å². The van der Waals surface area contributed by atoms with E-state index >= 15 is 0 Å². The summed E-state index contributed by atoms with van der Waals surface area (Å²) in [5.41, 5.74) is 2.00. The zero-order valence-corrected chi connectivity index (χ0v) is 15.6. The smallest absolute Gasteiger partial charge is 0.296 e. The summed E-state index contributed by atoms with van der Waals surface area (Å²) in [4.78, 5) is 39.1. The maximum absolute atomic E-state index is 12.9. The van der Waals surface area contributed by atoms with Gasteiger partial charge in [0.2, 0.25) is 5.95 Å². The number of aliphatic hydroxyl groups excluding tert-OH is 1. The van der Waals surface area contributed by atoms with E-state index in [0.717, 1.165) is 5.52 Å².